The highest BCUT2D eigenvalue weighted by Gasteiger charge is 2.09. The Hall–Kier alpha value is -1.57. The van der Waals surface area contributed by atoms with Crippen LogP contribution in [-0.2, 0) is 12.3 Å². The quantitative estimate of drug-likeness (QED) is 0.811. The van der Waals surface area contributed by atoms with Gasteiger partial charge in [-0.25, -0.2) is 0 Å². The van der Waals surface area contributed by atoms with Gasteiger partial charge in [0.25, 0.3) is 5.22 Å². The zero-order valence-corrected chi connectivity index (χ0v) is 11.4. The monoisotopic (exact) mass is 298 g/mol. The molecule has 0 unspecified atom stereocenters. The lowest BCUT2D eigenvalue weighted by molar-refractivity contribution is 0.100. The summed E-state index contributed by atoms with van der Waals surface area (Å²) >= 11 is 7.41. The third kappa shape index (κ3) is 3.46. The van der Waals surface area contributed by atoms with Gasteiger partial charge in [-0.1, -0.05) is 29.4 Å². The van der Waals surface area contributed by atoms with Crippen LogP contribution in [-0.4, -0.2) is 16.1 Å². The lowest BCUT2D eigenvalue weighted by atomic mass is 10.1. The van der Waals surface area contributed by atoms with Gasteiger partial charge < -0.3 is 15.9 Å². The van der Waals surface area contributed by atoms with E-state index >= 15 is 0 Å². The largest absolute Gasteiger partial charge is 0.415 e. The van der Waals surface area contributed by atoms with Crippen molar-refractivity contribution in [2.75, 3.05) is 0 Å². The average molecular weight is 299 g/mol. The molecule has 2 aromatic rings. The van der Waals surface area contributed by atoms with Gasteiger partial charge in [0.05, 0.1) is 6.54 Å². The van der Waals surface area contributed by atoms with Crippen molar-refractivity contribution in [3.05, 3.63) is 40.2 Å². The molecule has 6 nitrogen and oxygen atoms in total. The summed E-state index contributed by atoms with van der Waals surface area (Å²) < 4.78 is 5.25. The van der Waals surface area contributed by atoms with Gasteiger partial charge in [0.2, 0.25) is 11.8 Å². The van der Waals surface area contributed by atoms with Gasteiger partial charge in [-0.05, 0) is 17.7 Å². The number of primary amides is 1. The Morgan fingerprint density at radius 3 is 2.79 bits per heavy atom. The molecule has 0 aliphatic rings. The van der Waals surface area contributed by atoms with Crippen molar-refractivity contribution < 1.29 is 9.21 Å². The number of nitrogens with zero attached hydrogens (tertiary/aromatic N) is 2. The van der Waals surface area contributed by atoms with Crippen molar-refractivity contribution in [2.45, 2.75) is 17.5 Å². The first kappa shape index (κ1) is 13.9. The maximum atomic E-state index is 11.0. The summed E-state index contributed by atoms with van der Waals surface area (Å²) in [7, 11) is 0. The van der Waals surface area contributed by atoms with Crippen LogP contribution in [0.2, 0.25) is 5.02 Å². The minimum absolute atomic E-state index is 0.210. The fraction of sp³-hybridized carbons (Fsp3) is 0.182. The van der Waals surface area contributed by atoms with Crippen molar-refractivity contribution >= 4 is 29.3 Å². The molecule has 100 valence electrons. The molecule has 1 aromatic carbocycles. The van der Waals surface area contributed by atoms with Crippen LogP contribution in [0.3, 0.4) is 0 Å². The van der Waals surface area contributed by atoms with E-state index < -0.39 is 5.91 Å². The van der Waals surface area contributed by atoms with Crippen molar-refractivity contribution in [1.29, 1.82) is 0 Å². The van der Waals surface area contributed by atoms with Gasteiger partial charge >= 0.3 is 0 Å². The second-order valence-corrected chi connectivity index (χ2v) is 4.96. The molecule has 0 saturated carbocycles. The number of aromatic nitrogens is 2. The molecule has 1 aromatic heterocycles. The van der Waals surface area contributed by atoms with Crippen molar-refractivity contribution in [3.8, 4) is 0 Å². The molecule has 2 rings (SSSR count). The molecule has 0 saturated heterocycles. The topological polar surface area (TPSA) is 108 Å². The summed E-state index contributed by atoms with van der Waals surface area (Å²) in [6.45, 7) is 0.210. The maximum absolute atomic E-state index is 11.0. The summed E-state index contributed by atoms with van der Waals surface area (Å²) in [5.41, 5.74) is 11.8. The lowest BCUT2D eigenvalue weighted by Gasteiger charge is -2.03. The third-order valence-electron chi connectivity index (χ3n) is 2.31. The van der Waals surface area contributed by atoms with Gasteiger partial charge in [-0.3, -0.25) is 4.79 Å². The molecule has 1 amide bonds. The Morgan fingerprint density at radius 2 is 2.21 bits per heavy atom. The van der Waals surface area contributed by atoms with E-state index in [-0.39, 0.29) is 6.54 Å². The van der Waals surface area contributed by atoms with Crippen molar-refractivity contribution in [1.82, 2.24) is 10.2 Å². The first-order valence-corrected chi connectivity index (χ1v) is 6.70. The smallest absolute Gasteiger partial charge is 0.276 e. The standard InChI is InChI=1S/C11H11ClN4O2S/c12-8-3-6(10(14)17)1-2-7(8)5-19-11-16-15-9(4-13)18-11/h1-3H,4-5,13H2,(H2,14,17). The Bertz CT molecular complexity index is 602. The third-order valence-corrected chi connectivity index (χ3v) is 3.53. The van der Waals surface area contributed by atoms with Crippen LogP contribution in [0.1, 0.15) is 21.8 Å². The first-order valence-electron chi connectivity index (χ1n) is 5.33. The van der Waals surface area contributed by atoms with E-state index in [1.165, 1.54) is 11.8 Å². The molecule has 8 heteroatoms. The number of thioether (sulfide) groups is 1. The molecule has 0 bridgehead atoms. The van der Waals surface area contributed by atoms with Crippen LogP contribution in [0, 0.1) is 0 Å². The number of amides is 1. The summed E-state index contributed by atoms with van der Waals surface area (Å²) in [5.74, 6) is 0.424. The summed E-state index contributed by atoms with van der Waals surface area (Å²) in [6, 6.07) is 4.91. The minimum Gasteiger partial charge on any atom is -0.415 e. The molecular weight excluding hydrogens is 288 g/mol. The van der Waals surface area contributed by atoms with Crippen LogP contribution >= 0.6 is 23.4 Å². The Morgan fingerprint density at radius 1 is 1.42 bits per heavy atom. The highest BCUT2D eigenvalue weighted by Crippen LogP contribution is 2.26. The van der Waals surface area contributed by atoms with Crippen LogP contribution in [0.25, 0.3) is 0 Å². The van der Waals surface area contributed by atoms with Gasteiger partial charge in [0, 0.05) is 16.3 Å². The van der Waals surface area contributed by atoms with Crippen LogP contribution in [0.5, 0.6) is 0 Å². The Kier molecular flexibility index (Phi) is 4.41. The molecule has 0 aliphatic heterocycles. The zero-order chi connectivity index (χ0) is 13.8. The molecule has 0 spiro atoms. The predicted octanol–water partition coefficient (Wildman–Crippen LogP) is 1.57. The molecule has 4 N–H and O–H groups in total. The molecule has 19 heavy (non-hydrogen) atoms. The van der Waals surface area contributed by atoms with E-state index in [0.29, 0.717) is 27.5 Å². The van der Waals surface area contributed by atoms with Crippen LogP contribution < -0.4 is 11.5 Å². The van der Waals surface area contributed by atoms with Gasteiger partial charge in [0.1, 0.15) is 0 Å². The van der Waals surface area contributed by atoms with Crippen LogP contribution in [0.15, 0.2) is 27.8 Å². The van der Waals surface area contributed by atoms with E-state index in [4.69, 9.17) is 27.5 Å². The van der Waals surface area contributed by atoms with E-state index in [1.807, 2.05) is 0 Å². The minimum atomic E-state index is -0.509. The summed E-state index contributed by atoms with van der Waals surface area (Å²) in [5, 5.41) is 8.48. The van der Waals surface area contributed by atoms with Crippen molar-refractivity contribution in [2.24, 2.45) is 11.5 Å². The number of rotatable bonds is 5. The van der Waals surface area contributed by atoms with Crippen molar-refractivity contribution in [3.63, 3.8) is 0 Å². The fourth-order valence-corrected chi connectivity index (χ4v) is 2.45. The predicted molar refractivity (Wildman–Crippen MR) is 71.7 cm³/mol. The normalized spacial score (nSPS) is 10.6. The fourth-order valence-electron chi connectivity index (χ4n) is 1.34. The average Bonchev–Trinajstić information content (AvgIpc) is 2.85. The zero-order valence-electron chi connectivity index (χ0n) is 9.80. The van der Waals surface area contributed by atoms with E-state index in [9.17, 15) is 4.79 Å². The first-order chi connectivity index (χ1) is 9.10. The molecule has 0 radical (unpaired) electrons. The number of carbonyl (C=O) groups excluding carboxylic acids is 1. The van der Waals surface area contributed by atoms with Crippen LogP contribution in [0.4, 0.5) is 0 Å². The van der Waals surface area contributed by atoms with Gasteiger partial charge in [0.15, 0.2) is 0 Å². The Balaban J connectivity index is 2.05. The number of benzene rings is 1. The molecule has 0 aliphatic carbocycles. The molecular formula is C11H11ClN4O2S. The number of hydrogen-bond acceptors (Lipinski definition) is 6. The summed E-state index contributed by atoms with van der Waals surface area (Å²) in [4.78, 5) is 11.0. The highest BCUT2D eigenvalue weighted by atomic mass is 35.5. The van der Waals surface area contributed by atoms with E-state index in [0.717, 1.165) is 5.56 Å². The second kappa shape index (κ2) is 6.05. The number of nitrogens with two attached hydrogens (primary N) is 2. The SMILES string of the molecule is NCc1nnc(SCc2ccc(C(N)=O)cc2Cl)o1. The molecule has 0 atom stereocenters. The Labute approximate surface area is 118 Å². The van der Waals surface area contributed by atoms with Gasteiger partial charge in [-0.2, -0.15) is 0 Å². The molecule has 1 heterocycles. The van der Waals surface area contributed by atoms with E-state index in [2.05, 4.69) is 10.2 Å². The maximum Gasteiger partial charge on any atom is 0.276 e. The second-order valence-electron chi connectivity index (χ2n) is 3.62. The number of hydrogen-bond donors (Lipinski definition) is 2. The van der Waals surface area contributed by atoms with E-state index in [1.54, 1.807) is 18.2 Å². The number of halogens is 1. The van der Waals surface area contributed by atoms with Gasteiger partial charge in [-0.15, -0.1) is 10.2 Å². The number of carbonyl (C=O) groups is 1. The lowest BCUT2D eigenvalue weighted by Crippen LogP contribution is -2.10. The molecule has 0 fully saturated rings. The highest BCUT2D eigenvalue weighted by molar-refractivity contribution is 7.98. The summed E-state index contributed by atoms with van der Waals surface area (Å²) in [6.07, 6.45) is 0.